The number of hydrogen-bond donors (Lipinski definition) is 3. The summed E-state index contributed by atoms with van der Waals surface area (Å²) < 4.78 is 24.8. The molecule has 10 heteroatoms. The maximum absolute atomic E-state index is 12.4. The van der Waals surface area contributed by atoms with Crippen molar-refractivity contribution in [2.75, 3.05) is 49.3 Å². The fourth-order valence-corrected chi connectivity index (χ4v) is 3.49. The van der Waals surface area contributed by atoms with Crippen LogP contribution in [0.5, 0.6) is 0 Å². The summed E-state index contributed by atoms with van der Waals surface area (Å²) in [6.07, 6.45) is 1.37. The molecule has 0 aliphatic carbocycles. The Balaban J connectivity index is 1.74. The number of anilines is 3. The molecule has 1 aromatic heterocycles. The Morgan fingerprint density at radius 2 is 1.73 bits per heavy atom. The molecule has 4 N–H and O–H groups in total. The zero-order valence-electron chi connectivity index (χ0n) is 14.8. The Morgan fingerprint density at radius 3 is 2.38 bits per heavy atom. The largest absolute Gasteiger partial charge is 0.393 e. The number of nitrogens with zero attached hydrogens (tertiary/aromatic N) is 4. The minimum atomic E-state index is -3.73. The molecule has 0 unspecified atom stereocenters. The number of aromatic nitrogens is 2. The second-order valence-corrected chi connectivity index (χ2v) is 7.98. The van der Waals surface area contributed by atoms with Gasteiger partial charge in [-0.3, -0.25) is 5.43 Å². The van der Waals surface area contributed by atoms with E-state index in [1.165, 1.54) is 6.33 Å². The summed E-state index contributed by atoms with van der Waals surface area (Å²) in [6.45, 7) is 5.31. The highest BCUT2D eigenvalue weighted by Gasteiger charge is 2.20. The van der Waals surface area contributed by atoms with Gasteiger partial charge in [-0.05, 0) is 26.1 Å². The van der Waals surface area contributed by atoms with E-state index in [4.69, 9.17) is 5.73 Å². The predicted molar refractivity (Wildman–Crippen MR) is 101 cm³/mol. The Kier molecular flexibility index (Phi) is 5.25. The molecule has 1 aromatic carbocycles. The van der Waals surface area contributed by atoms with Gasteiger partial charge in [0.05, 0.1) is 4.90 Å². The van der Waals surface area contributed by atoms with Crippen molar-refractivity contribution in [1.29, 1.82) is 0 Å². The number of sulfonamides is 1. The van der Waals surface area contributed by atoms with Crippen molar-refractivity contribution in [3.63, 3.8) is 0 Å². The van der Waals surface area contributed by atoms with Gasteiger partial charge in [-0.2, -0.15) is 0 Å². The smallest absolute Gasteiger partial charge is 0.257 e. The van der Waals surface area contributed by atoms with Gasteiger partial charge in [-0.1, -0.05) is 17.7 Å². The van der Waals surface area contributed by atoms with Gasteiger partial charge in [0.2, 0.25) is 0 Å². The number of hydrazine groups is 1. The van der Waals surface area contributed by atoms with E-state index in [1.54, 1.807) is 24.3 Å². The first-order valence-corrected chi connectivity index (χ1v) is 9.73. The molecule has 2 aromatic rings. The molecule has 9 nitrogen and oxygen atoms in total. The van der Waals surface area contributed by atoms with Crippen molar-refractivity contribution >= 4 is 27.3 Å². The minimum Gasteiger partial charge on any atom is -0.393 e. The lowest BCUT2D eigenvalue weighted by atomic mass is 10.2. The van der Waals surface area contributed by atoms with Crippen LogP contribution in [0.15, 0.2) is 35.5 Å². The molecule has 26 heavy (non-hydrogen) atoms. The Labute approximate surface area is 153 Å². The molecule has 140 valence electrons. The highest BCUT2D eigenvalue weighted by Crippen LogP contribution is 2.26. The molecule has 0 atom stereocenters. The Morgan fingerprint density at radius 1 is 1.08 bits per heavy atom. The van der Waals surface area contributed by atoms with Gasteiger partial charge in [0.1, 0.15) is 12.0 Å². The van der Waals surface area contributed by atoms with Crippen LogP contribution in [0.4, 0.5) is 17.3 Å². The van der Waals surface area contributed by atoms with Crippen molar-refractivity contribution in [3.05, 3.63) is 36.2 Å². The third kappa shape index (κ3) is 4.03. The normalized spacial score (nSPS) is 15.8. The molecule has 1 saturated heterocycles. The lowest BCUT2D eigenvalue weighted by Gasteiger charge is -2.33. The highest BCUT2D eigenvalue weighted by molar-refractivity contribution is 7.89. The van der Waals surface area contributed by atoms with Crippen molar-refractivity contribution in [1.82, 2.24) is 19.7 Å². The molecule has 1 aliphatic rings. The number of nitrogen functional groups attached to an aromatic ring is 1. The number of nitrogens with two attached hydrogens (primary N) is 1. The van der Waals surface area contributed by atoms with Crippen molar-refractivity contribution < 1.29 is 8.42 Å². The van der Waals surface area contributed by atoms with Crippen LogP contribution in [0.1, 0.15) is 5.56 Å². The quantitative estimate of drug-likeness (QED) is 0.642. The third-order valence-corrected chi connectivity index (χ3v) is 5.56. The minimum absolute atomic E-state index is 0.155. The van der Waals surface area contributed by atoms with E-state index >= 15 is 0 Å². The average Bonchev–Trinajstić information content (AvgIpc) is 2.62. The highest BCUT2D eigenvalue weighted by atomic mass is 32.2. The lowest BCUT2D eigenvalue weighted by molar-refractivity contribution is 0.312. The van der Waals surface area contributed by atoms with E-state index in [9.17, 15) is 8.42 Å². The van der Waals surface area contributed by atoms with Crippen LogP contribution >= 0.6 is 0 Å². The molecule has 0 bridgehead atoms. The zero-order valence-corrected chi connectivity index (χ0v) is 15.6. The zero-order chi connectivity index (χ0) is 18.7. The van der Waals surface area contributed by atoms with Gasteiger partial charge >= 0.3 is 0 Å². The van der Waals surface area contributed by atoms with Crippen molar-refractivity contribution in [2.24, 2.45) is 0 Å². The fraction of sp³-hybridized carbons (Fsp3) is 0.375. The van der Waals surface area contributed by atoms with E-state index in [0.717, 1.165) is 31.7 Å². The lowest BCUT2D eigenvalue weighted by Crippen LogP contribution is -2.45. The van der Waals surface area contributed by atoms with E-state index in [1.807, 2.05) is 6.92 Å². The Bertz CT molecular complexity index is 863. The van der Waals surface area contributed by atoms with Crippen LogP contribution in [-0.2, 0) is 10.0 Å². The van der Waals surface area contributed by atoms with Crippen molar-refractivity contribution in [3.8, 4) is 0 Å². The van der Waals surface area contributed by atoms with Gasteiger partial charge in [0.15, 0.2) is 11.6 Å². The molecule has 3 rings (SSSR count). The number of hydrogen-bond acceptors (Lipinski definition) is 8. The maximum Gasteiger partial charge on any atom is 0.257 e. The molecular formula is C16H23N7O2S. The Hall–Kier alpha value is -2.43. The molecule has 0 spiro atoms. The summed E-state index contributed by atoms with van der Waals surface area (Å²) in [5, 5.41) is 0. The fourth-order valence-electron chi connectivity index (χ4n) is 2.65. The van der Waals surface area contributed by atoms with Gasteiger partial charge in [0, 0.05) is 26.2 Å². The van der Waals surface area contributed by atoms with Gasteiger partial charge in [-0.25, -0.2) is 18.4 Å². The number of nitrogens with one attached hydrogen (secondary N) is 2. The SMILES string of the molecule is Cc1ccc(S(=O)(=O)NNc2ncnc(N3CCN(C)CC3)c2N)cc1. The predicted octanol–water partition coefficient (Wildman–Crippen LogP) is 0.424. The molecule has 2 heterocycles. The second-order valence-electron chi connectivity index (χ2n) is 6.29. The molecule has 1 aliphatic heterocycles. The van der Waals surface area contributed by atoms with Crippen LogP contribution in [-0.4, -0.2) is 56.5 Å². The summed E-state index contributed by atoms with van der Waals surface area (Å²) in [6, 6.07) is 6.55. The first-order chi connectivity index (χ1) is 12.4. The molecule has 1 fully saturated rings. The van der Waals surface area contributed by atoms with Crippen LogP contribution in [0, 0.1) is 6.92 Å². The standard InChI is InChI=1S/C16H23N7O2S/c1-12-3-5-13(6-4-12)26(24,25)21-20-15-14(17)16(19-11-18-15)23-9-7-22(2)8-10-23/h3-6,11,21H,7-10,17H2,1-2H3,(H,18,19,20). The van der Waals surface area contributed by atoms with E-state index in [-0.39, 0.29) is 10.7 Å². The number of aryl methyl sites for hydroxylation is 1. The summed E-state index contributed by atoms with van der Waals surface area (Å²) in [5.74, 6) is 0.828. The maximum atomic E-state index is 12.4. The summed E-state index contributed by atoms with van der Waals surface area (Å²) in [7, 11) is -1.67. The first-order valence-electron chi connectivity index (χ1n) is 8.25. The number of piperazine rings is 1. The molecule has 0 radical (unpaired) electrons. The van der Waals surface area contributed by atoms with Gasteiger partial charge in [-0.15, -0.1) is 4.83 Å². The summed E-state index contributed by atoms with van der Waals surface area (Å²) in [5.41, 5.74) is 10.1. The molecule has 0 saturated carbocycles. The van der Waals surface area contributed by atoms with E-state index < -0.39 is 10.0 Å². The van der Waals surface area contributed by atoms with Crippen LogP contribution in [0.2, 0.25) is 0 Å². The van der Waals surface area contributed by atoms with Crippen LogP contribution in [0.25, 0.3) is 0 Å². The van der Waals surface area contributed by atoms with Crippen LogP contribution < -0.4 is 20.9 Å². The first kappa shape index (κ1) is 18.4. The van der Waals surface area contributed by atoms with E-state index in [2.05, 4.69) is 37.1 Å². The molecule has 0 amide bonds. The number of benzene rings is 1. The van der Waals surface area contributed by atoms with Gasteiger partial charge < -0.3 is 15.5 Å². The summed E-state index contributed by atoms with van der Waals surface area (Å²) >= 11 is 0. The number of likely N-dealkylation sites (N-methyl/N-ethyl adjacent to an activating group) is 1. The van der Waals surface area contributed by atoms with Crippen molar-refractivity contribution in [2.45, 2.75) is 11.8 Å². The second kappa shape index (κ2) is 7.44. The summed E-state index contributed by atoms with van der Waals surface area (Å²) in [4.78, 5) is 15.1. The van der Waals surface area contributed by atoms with Crippen LogP contribution in [0.3, 0.4) is 0 Å². The van der Waals surface area contributed by atoms with E-state index in [0.29, 0.717) is 11.5 Å². The molecular weight excluding hydrogens is 354 g/mol. The third-order valence-electron chi connectivity index (χ3n) is 4.30. The number of rotatable bonds is 5. The topological polar surface area (TPSA) is 116 Å². The monoisotopic (exact) mass is 377 g/mol. The average molecular weight is 377 g/mol. The van der Waals surface area contributed by atoms with Gasteiger partial charge in [0.25, 0.3) is 10.0 Å².